The number of hydrogen-bond acceptors (Lipinski definition) is 1. The third kappa shape index (κ3) is 2.53. The molecule has 8 heavy (non-hydrogen) atoms. The first-order valence-electron chi connectivity index (χ1n) is 2.34. The van der Waals surface area contributed by atoms with E-state index in [0.717, 1.165) is 0 Å². The Morgan fingerprint density at radius 1 is 1.50 bits per heavy atom. The van der Waals surface area contributed by atoms with Crippen LogP contribution < -0.4 is 0 Å². The highest BCUT2D eigenvalue weighted by Gasteiger charge is 2.15. The quantitative estimate of drug-likeness (QED) is 0.555. The summed E-state index contributed by atoms with van der Waals surface area (Å²) < 4.78 is 0. The molecule has 3 heteroatoms. The fraction of sp³-hybridized carbons (Fsp3) is 0.800. The second-order valence-corrected chi connectivity index (χ2v) is 2.85. The first-order valence-corrected chi connectivity index (χ1v) is 3.21. The molecular formula is C5H8Cl2O. The van der Waals surface area contributed by atoms with E-state index in [2.05, 4.69) is 0 Å². The van der Waals surface area contributed by atoms with Crippen molar-refractivity contribution < 1.29 is 4.79 Å². The van der Waals surface area contributed by atoms with Crippen molar-refractivity contribution in [3.8, 4) is 0 Å². The predicted octanol–water partition coefficient (Wildman–Crippen LogP) is 1.81. The number of halogens is 2. The van der Waals surface area contributed by atoms with Gasteiger partial charge < -0.3 is 0 Å². The van der Waals surface area contributed by atoms with Gasteiger partial charge in [0, 0.05) is 0 Å². The number of ketones is 1. The molecule has 0 aromatic carbocycles. The second-order valence-electron chi connectivity index (χ2n) is 1.69. The van der Waals surface area contributed by atoms with Crippen molar-refractivity contribution in [1.29, 1.82) is 0 Å². The fourth-order valence-electron chi connectivity index (χ4n) is 0.323. The van der Waals surface area contributed by atoms with Crippen LogP contribution in [0.15, 0.2) is 0 Å². The van der Waals surface area contributed by atoms with Gasteiger partial charge in [0.1, 0.15) is 11.2 Å². The van der Waals surface area contributed by atoms with Crippen LogP contribution in [-0.4, -0.2) is 16.5 Å². The third-order valence-electron chi connectivity index (χ3n) is 0.792. The van der Waals surface area contributed by atoms with Crippen LogP contribution in [0.2, 0.25) is 0 Å². The van der Waals surface area contributed by atoms with Crippen molar-refractivity contribution in [2.24, 2.45) is 0 Å². The highest BCUT2D eigenvalue weighted by atomic mass is 35.5. The van der Waals surface area contributed by atoms with E-state index in [1.807, 2.05) is 0 Å². The number of alkyl halides is 2. The molecule has 0 aliphatic heterocycles. The summed E-state index contributed by atoms with van der Waals surface area (Å²) in [6, 6.07) is 0. The van der Waals surface area contributed by atoms with Crippen molar-refractivity contribution in [1.82, 2.24) is 0 Å². The zero-order chi connectivity index (χ0) is 6.73. The summed E-state index contributed by atoms with van der Waals surface area (Å²) in [4.78, 5) is 10.4. The van der Waals surface area contributed by atoms with Gasteiger partial charge >= 0.3 is 0 Å². The summed E-state index contributed by atoms with van der Waals surface area (Å²) in [7, 11) is 0. The van der Waals surface area contributed by atoms with E-state index < -0.39 is 5.38 Å². The molecule has 0 amide bonds. The van der Waals surface area contributed by atoms with E-state index in [1.165, 1.54) is 6.92 Å². The molecule has 0 bridgehead atoms. The average molecular weight is 155 g/mol. The highest BCUT2D eigenvalue weighted by Crippen LogP contribution is 2.09. The lowest BCUT2D eigenvalue weighted by Gasteiger charge is -2.04. The Hall–Kier alpha value is 0.250. The standard InChI is InChI=1S/C5H8Cl2O/c1-3(6)5(7)4(2)8/h3,5H,1-2H3. The second kappa shape index (κ2) is 3.31. The maximum absolute atomic E-state index is 10.4. The Bertz CT molecular complexity index is 90.4. The molecule has 0 spiro atoms. The Labute approximate surface area is 59.0 Å². The number of Topliss-reactive ketones (excluding diaryl/α,β-unsaturated/α-hetero) is 1. The van der Waals surface area contributed by atoms with Gasteiger partial charge in [-0.15, -0.1) is 23.2 Å². The smallest absolute Gasteiger partial charge is 0.149 e. The highest BCUT2D eigenvalue weighted by molar-refractivity contribution is 6.37. The third-order valence-corrected chi connectivity index (χ3v) is 1.86. The maximum atomic E-state index is 10.4. The average Bonchev–Trinajstić information content (AvgIpc) is 1.64. The fourth-order valence-corrected chi connectivity index (χ4v) is 0.501. The van der Waals surface area contributed by atoms with Gasteiger partial charge in [-0.1, -0.05) is 0 Å². The molecule has 2 atom stereocenters. The molecule has 2 unspecified atom stereocenters. The van der Waals surface area contributed by atoms with Crippen molar-refractivity contribution in [2.45, 2.75) is 24.6 Å². The van der Waals surface area contributed by atoms with Gasteiger partial charge in [-0.25, -0.2) is 0 Å². The monoisotopic (exact) mass is 154 g/mol. The van der Waals surface area contributed by atoms with E-state index >= 15 is 0 Å². The van der Waals surface area contributed by atoms with Crippen LogP contribution in [0.5, 0.6) is 0 Å². The van der Waals surface area contributed by atoms with Gasteiger partial charge in [-0.2, -0.15) is 0 Å². The summed E-state index contributed by atoms with van der Waals surface area (Å²) in [6.07, 6.45) is 0. The molecule has 1 nitrogen and oxygen atoms in total. The maximum Gasteiger partial charge on any atom is 0.149 e. The van der Waals surface area contributed by atoms with Crippen molar-refractivity contribution in [2.75, 3.05) is 0 Å². The summed E-state index contributed by atoms with van der Waals surface area (Å²) in [5.74, 6) is -0.0748. The molecule has 48 valence electrons. The van der Waals surface area contributed by atoms with E-state index in [1.54, 1.807) is 6.92 Å². The molecule has 0 fully saturated rings. The molecule has 0 rings (SSSR count). The van der Waals surface area contributed by atoms with Gasteiger partial charge in [0.2, 0.25) is 0 Å². The SMILES string of the molecule is CC(=O)C(Cl)C(C)Cl. The van der Waals surface area contributed by atoms with Crippen molar-refractivity contribution in [3.63, 3.8) is 0 Å². The molecule has 0 radical (unpaired) electrons. The topological polar surface area (TPSA) is 17.1 Å². The van der Waals surface area contributed by atoms with Crippen LogP contribution in [0.3, 0.4) is 0 Å². The van der Waals surface area contributed by atoms with E-state index in [-0.39, 0.29) is 11.2 Å². The molecule has 0 aromatic rings. The molecule has 0 N–H and O–H groups in total. The first-order chi connectivity index (χ1) is 3.55. The molecule has 0 aliphatic carbocycles. The number of hydrogen-bond donors (Lipinski definition) is 0. The van der Waals surface area contributed by atoms with Crippen molar-refractivity contribution >= 4 is 29.0 Å². The zero-order valence-corrected chi connectivity index (χ0v) is 6.33. The normalized spacial score (nSPS) is 17.5. The predicted molar refractivity (Wildman–Crippen MR) is 35.6 cm³/mol. The van der Waals surface area contributed by atoms with Gasteiger partial charge in [0.15, 0.2) is 0 Å². The van der Waals surface area contributed by atoms with Gasteiger partial charge in [0.25, 0.3) is 0 Å². The number of rotatable bonds is 2. The largest absolute Gasteiger partial charge is 0.298 e. The molecule has 0 heterocycles. The van der Waals surface area contributed by atoms with Gasteiger partial charge in [-0.05, 0) is 13.8 Å². The van der Waals surface area contributed by atoms with Crippen LogP contribution in [0, 0.1) is 0 Å². The lowest BCUT2D eigenvalue weighted by Crippen LogP contribution is -2.19. The van der Waals surface area contributed by atoms with Crippen LogP contribution in [0.1, 0.15) is 13.8 Å². The van der Waals surface area contributed by atoms with Crippen LogP contribution in [-0.2, 0) is 4.79 Å². The Morgan fingerprint density at radius 2 is 1.88 bits per heavy atom. The summed E-state index contributed by atoms with van der Waals surface area (Å²) in [5.41, 5.74) is 0. The Balaban J connectivity index is 3.64. The minimum atomic E-state index is -0.531. The molecular weight excluding hydrogens is 147 g/mol. The number of carbonyl (C=O) groups is 1. The zero-order valence-electron chi connectivity index (χ0n) is 4.82. The first kappa shape index (κ1) is 8.25. The minimum Gasteiger partial charge on any atom is -0.298 e. The summed E-state index contributed by atoms with van der Waals surface area (Å²) >= 11 is 10.9. The van der Waals surface area contributed by atoms with Gasteiger partial charge in [-0.3, -0.25) is 4.79 Å². The van der Waals surface area contributed by atoms with Crippen LogP contribution >= 0.6 is 23.2 Å². The Kier molecular flexibility index (Phi) is 3.41. The summed E-state index contributed by atoms with van der Waals surface area (Å²) in [6.45, 7) is 3.12. The Morgan fingerprint density at radius 3 is 1.88 bits per heavy atom. The lowest BCUT2D eigenvalue weighted by molar-refractivity contribution is -0.116. The molecule has 0 saturated carbocycles. The number of carbonyl (C=O) groups excluding carboxylic acids is 1. The van der Waals surface area contributed by atoms with E-state index in [0.29, 0.717) is 0 Å². The molecule has 0 aromatic heterocycles. The van der Waals surface area contributed by atoms with E-state index in [4.69, 9.17) is 23.2 Å². The van der Waals surface area contributed by atoms with E-state index in [9.17, 15) is 4.79 Å². The van der Waals surface area contributed by atoms with Gasteiger partial charge in [0.05, 0.1) is 5.38 Å². The molecule has 0 aliphatic rings. The van der Waals surface area contributed by atoms with Crippen molar-refractivity contribution in [3.05, 3.63) is 0 Å². The molecule has 0 saturated heterocycles. The van der Waals surface area contributed by atoms with Crippen LogP contribution in [0.25, 0.3) is 0 Å². The van der Waals surface area contributed by atoms with Crippen LogP contribution in [0.4, 0.5) is 0 Å². The summed E-state index contributed by atoms with van der Waals surface area (Å²) in [5, 5.41) is -0.800. The minimum absolute atomic E-state index is 0.0748. The lowest BCUT2D eigenvalue weighted by atomic mass is 10.2.